The van der Waals surface area contributed by atoms with E-state index in [1.54, 1.807) is 12.1 Å². The fourth-order valence-corrected chi connectivity index (χ4v) is 2.59. The van der Waals surface area contributed by atoms with Crippen LogP contribution in [0.5, 0.6) is 0 Å². The minimum Gasteiger partial charge on any atom is -0.415 e. The number of rotatable bonds is 5. The Labute approximate surface area is 140 Å². The first kappa shape index (κ1) is 16.3. The number of hydrogen-bond acceptors (Lipinski definition) is 3. The predicted molar refractivity (Wildman–Crippen MR) is 89.9 cm³/mol. The summed E-state index contributed by atoms with van der Waals surface area (Å²) < 4.78 is 18.9. The molecule has 4 nitrogen and oxygen atoms in total. The minimum atomic E-state index is -0.218. The molecule has 3 rings (SSSR count). The third-order valence-corrected chi connectivity index (χ3v) is 4.21. The van der Waals surface area contributed by atoms with Gasteiger partial charge in [0.25, 0.3) is 5.89 Å². The van der Waals surface area contributed by atoms with Crippen LogP contribution in [0, 0.1) is 12.7 Å². The molecule has 0 fully saturated rings. The van der Waals surface area contributed by atoms with Crippen LogP contribution in [-0.2, 0) is 6.54 Å². The summed E-state index contributed by atoms with van der Waals surface area (Å²) in [5, 5.41) is 8.37. The van der Waals surface area contributed by atoms with Crippen molar-refractivity contribution in [3.8, 4) is 11.5 Å². The highest BCUT2D eigenvalue weighted by Crippen LogP contribution is 2.20. The van der Waals surface area contributed by atoms with Crippen molar-refractivity contribution in [1.82, 2.24) is 10.2 Å². The molecule has 1 heterocycles. The molecule has 2 atom stereocenters. The van der Waals surface area contributed by atoms with Crippen LogP contribution in [0.2, 0.25) is 0 Å². The molecule has 3 aromatic rings. The molecule has 5 heteroatoms. The summed E-state index contributed by atoms with van der Waals surface area (Å²) in [5.74, 6) is 0.922. The van der Waals surface area contributed by atoms with Crippen molar-refractivity contribution in [1.29, 1.82) is 0 Å². The molecule has 0 aliphatic carbocycles. The van der Waals surface area contributed by atoms with Crippen LogP contribution in [0.25, 0.3) is 11.5 Å². The smallest absolute Gasteiger partial charge is 0.274 e. The lowest BCUT2D eigenvalue weighted by Gasteiger charge is -2.18. The summed E-state index contributed by atoms with van der Waals surface area (Å²) >= 11 is 0. The fourth-order valence-electron chi connectivity index (χ4n) is 2.59. The van der Waals surface area contributed by atoms with Crippen molar-refractivity contribution in [2.24, 2.45) is 0 Å². The number of aryl methyl sites for hydroxylation is 1. The normalized spacial score (nSPS) is 13.7. The molecule has 24 heavy (non-hydrogen) atoms. The Morgan fingerprint density at radius 2 is 1.88 bits per heavy atom. The molecular weight excluding hydrogens is 305 g/mol. The molecule has 0 aliphatic rings. The lowest BCUT2D eigenvalue weighted by molar-refractivity contribution is -0.925. The van der Waals surface area contributed by atoms with Gasteiger partial charge in [-0.2, -0.15) is 0 Å². The van der Waals surface area contributed by atoms with E-state index in [0.29, 0.717) is 11.8 Å². The second-order valence-corrected chi connectivity index (χ2v) is 6.19. The van der Waals surface area contributed by atoms with Crippen molar-refractivity contribution in [2.45, 2.75) is 26.4 Å². The van der Waals surface area contributed by atoms with Gasteiger partial charge < -0.3 is 9.32 Å². The maximum atomic E-state index is 13.0. The van der Waals surface area contributed by atoms with E-state index in [0.717, 1.165) is 23.2 Å². The Balaban J connectivity index is 1.73. The highest BCUT2D eigenvalue weighted by molar-refractivity contribution is 5.53. The van der Waals surface area contributed by atoms with E-state index in [1.165, 1.54) is 17.0 Å². The van der Waals surface area contributed by atoms with Crippen LogP contribution in [-0.4, -0.2) is 17.2 Å². The highest BCUT2D eigenvalue weighted by atomic mass is 19.1. The summed E-state index contributed by atoms with van der Waals surface area (Å²) in [6, 6.07) is 14.6. The molecule has 1 aromatic heterocycles. The first-order valence-electron chi connectivity index (χ1n) is 8.00. The van der Waals surface area contributed by atoms with Crippen molar-refractivity contribution in [2.75, 3.05) is 7.05 Å². The lowest BCUT2D eigenvalue weighted by atomic mass is 10.1. The summed E-state index contributed by atoms with van der Waals surface area (Å²) in [5.41, 5.74) is 3.15. The zero-order valence-electron chi connectivity index (χ0n) is 14.1. The molecule has 124 valence electrons. The number of nitrogens with zero attached hydrogens (tertiary/aromatic N) is 2. The van der Waals surface area contributed by atoms with Gasteiger partial charge in [-0.25, -0.2) is 4.39 Å². The molecular formula is C19H21FN3O+. The van der Waals surface area contributed by atoms with E-state index < -0.39 is 0 Å². The van der Waals surface area contributed by atoms with Gasteiger partial charge in [0.1, 0.15) is 12.4 Å². The number of aromatic nitrogens is 2. The van der Waals surface area contributed by atoms with Crippen LogP contribution < -0.4 is 4.90 Å². The molecule has 0 saturated carbocycles. The van der Waals surface area contributed by atoms with E-state index in [9.17, 15) is 4.39 Å². The third kappa shape index (κ3) is 3.68. The number of nitrogens with one attached hydrogen (secondary N) is 1. The van der Waals surface area contributed by atoms with Crippen LogP contribution >= 0.6 is 0 Å². The van der Waals surface area contributed by atoms with Gasteiger partial charge in [-0.15, -0.1) is 10.2 Å². The SMILES string of the molecule is Cc1cccc(-c2nnc([C@@H](C)[NH+](C)Cc3ccc(F)cc3)o2)c1. The summed E-state index contributed by atoms with van der Waals surface area (Å²) in [4.78, 5) is 1.20. The van der Waals surface area contributed by atoms with Gasteiger partial charge >= 0.3 is 0 Å². The van der Waals surface area contributed by atoms with Gasteiger partial charge in [0.15, 0.2) is 6.04 Å². The first-order valence-corrected chi connectivity index (χ1v) is 8.00. The monoisotopic (exact) mass is 326 g/mol. The molecule has 0 spiro atoms. The maximum absolute atomic E-state index is 13.0. The largest absolute Gasteiger partial charge is 0.415 e. The Kier molecular flexibility index (Phi) is 4.71. The number of hydrogen-bond donors (Lipinski definition) is 1. The number of halogens is 1. The fraction of sp³-hybridized carbons (Fsp3) is 0.263. The molecule has 1 N–H and O–H groups in total. The van der Waals surface area contributed by atoms with Gasteiger partial charge in [0.05, 0.1) is 7.05 Å². The molecule has 0 saturated heterocycles. The van der Waals surface area contributed by atoms with Gasteiger partial charge in [-0.1, -0.05) is 29.8 Å². The summed E-state index contributed by atoms with van der Waals surface area (Å²) in [6.07, 6.45) is 0. The van der Waals surface area contributed by atoms with Gasteiger partial charge in [0, 0.05) is 11.1 Å². The van der Waals surface area contributed by atoms with E-state index >= 15 is 0 Å². The van der Waals surface area contributed by atoms with Crippen LogP contribution in [0.15, 0.2) is 52.9 Å². The zero-order chi connectivity index (χ0) is 17.1. The van der Waals surface area contributed by atoms with Gasteiger partial charge in [-0.3, -0.25) is 0 Å². The Hall–Kier alpha value is -2.53. The maximum Gasteiger partial charge on any atom is 0.274 e. The van der Waals surface area contributed by atoms with Crippen molar-refractivity contribution >= 4 is 0 Å². The van der Waals surface area contributed by atoms with Gasteiger partial charge in [-0.05, 0) is 38.1 Å². The minimum absolute atomic E-state index is 0.0427. The third-order valence-electron chi connectivity index (χ3n) is 4.21. The molecule has 2 aromatic carbocycles. The lowest BCUT2D eigenvalue weighted by Crippen LogP contribution is -3.07. The van der Waals surface area contributed by atoms with E-state index in [-0.39, 0.29) is 11.9 Å². The average Bonchev–Trinajstić information content (AvgIpc) is 3.06. The summed E-state index contributed by atoms with van der Waals surface area (Å²) in [7, 11) is 2.06. The van der Waals surface area contributed by atoms with Crippen molar-refractivity contribution in [3.05, 3.63) is 71.4 Å². The van der Waals surface area contributed by atoms with Gasteiger partial charge in [0.2, 0.25) is 5.89 Å². The zero-order valence-corrected chi connectivity index (χ0v) is 14.1. The van der Waals surface area contributed by atoms with Crippen LogP contribution in [0.4, 0.5) is 4.39 Å². The molecule has 1 unspecified atom stereocenters. The molecule has 0 aliphatic heterocycles. The molecule has 0 radical (unpaired) electrons. The van der Waals surface area contributed by atoms with E-state index in [1.807, 2.05) is 38.1 Å². The van der Waals surface area contributed by atoms with Crippen LogP contribution in [0.1, 0.15) is 30.0 Å². The Morgan fingerprint density at radius 3 is 2.58 bits per heavy atom. The van der Waals surface area contributed by atoms with Crippen molar-refractivity contribution < 1.29 is 13.7 Å². The number of quaternary nitrogens is 1. The second-order valence-electron chi connectivity index (χ2n) is 6.19. The van der Waals surface area contributed by atoms with E-state index in [4.69, 9.17) is 4.42 Å². The number of benzene rings is 2. The Bertz CT molecular complexity index is 813. The topological polar surface area (TPSA) is 43.4 Å². The first-order chi connectivity index (χ1) is 11.5. The average molecular weight is 326 g/mol. The quantitative estimate of drug-likeness (QED) is 0.784. The predicted octanol–water partition coefficient (Wildman–Crippen LogP) is 2.96. The standard InChI is InChI=1S/C19H20FN3O/c1-13-5-4-6-16(11-13)19-22-21-18(24-19)14(2)23(3)12-15-7-9-17(20)10-8-15/h4-11,14H,12H2,1-3H3/p+1/t14-/m1/s1. The molecule has 0 bridgehead atoms. The molecule has 0 amide bonds. The highest BCUT2D eigenvalue weighted by Gasteiger charge is 2.22. The van der Waals surface area contributed by atoms with E-state index in [2.05, 4.69) is 17.2 Å². The second kappa shape index (κ2) is 6.93. The van der Waals surface area contributed by atoms with Crippen molar-refractivity contribution in [3.63, 3.8) is 0 Å². The Morgan fingerprint density at radius 1 is 1.12 bits per heavy atom. The summed E-state index contributed by atoms with van der Waals surface area (Å²) in [6.45, 7) is 4.83. The van der Waals surface area contributed by atoms with Crippen LogP contribution in [0.3, 0.4) is 0 Å².